The van der Waals surface area contributed by atoms with Gasteiger partial charge in [-0.05, 0) is 18.9 Å². The molecular weight excluding hydrogens is 310 g/mol. The molecule has 1 fully saturated rings. The zero-order valence-corrected chi connectivity index (χ0v) is 14.0. The van der Waals surface area contributed by atoms with E-state index in [2.05, 4.69) is 5.32 Å². The maximum absolute atomic E-state index is 12.8. The van der Waals surface area contributed by atoms with Crippen LogP contribution in [0.5, 0.6) is 0 Å². The van der Waals surface area contributed by atoms with Crippen LogP contribution in [0.4, 0.5) is 0 Å². The summed E-state index contributed by atoms with van der Waals surface area (Å²) < 4.78 is 11.4. The number of carboxylic acids is 1. The van der Waals surface area contributed by atoms with Crippen LogP contribution >= 0.6 is 0 Å². The average Bonchev–Trinajstić information content (AvgIpc) is 2.60. The molecule has 0 aromatic heterocycles. The zero-order valence-electron chi connectivity index (χ0n) is 14.0. The van der Waals surface area contributed by atoms with E-state index in [1.54, 1.807) is 0 Å². The van der Waals surface area contributed by atoms with Crippen molar-refractivity contribution in [2.75, 3.05) is 13.2 Å². The van der Waals surface area contributed by atoms with Crippen molar-refractivity contribution in [2.45, 2.75) is 50.9 Å². The summed E-state index contributed by atoms with van der Waals surface area (Å²) in [6.07, 6.45) is 1.42. The standard InChI is InChI=1S/C18H25NO5/c1-14(7-8-16(20)21)19-17(22)18(9-11-23-12-10-18)24-13-15-5-3-2-4-6-15/h2-6,14H,7-13H2,1H3,(H,19,22)(H,20,21). The zero-order chi connectivity index (χ0) is 17.4. The Morgan fingerprint density at radius 3 is 2.58 bits per heavy atom. The molecule has 1 atom stereocenters. The van der Waals surface area contributed by atoms with Crippen LogP contribution < -0.4 is 5.32 Å². The fourth-order valence-electron chi connectivity index (χ4n) is 2.70. The Morgan fingerprint density at radius 1 is 1.29 bits per heavy atom. The molecule has 1 aromatic rings. The maximum atomic E-state index is 12.8. The second-order valence-electron chi connectivity index (χ2n) is 6.19. The van der Waals surface area contributed by atoms with Gasteiger partial charge in [0.15, 0.2) is 5.60 Å². The molecule has 0 saturated carbocycles. The molecule has 1 heterocycles. The number of carbonyl (C=O) groups excluding carboxylic acids is 1. The van der Waals surface area contributed by atoms with Gasteiger partial charge in [-0.1, -0.05) is 30.3 Å². The van der Waals surface area contributed by atoms with Crippen molar-refractivity contribution in [3.8, 4) is 0 Å². The fraction of sp³-hybridized carbons (Fsp3) is 0.556. The normalized spacial score (nSPS) is 17.9. The van der Waals surface area contributed by atoms with Crippen LogP contribution in [-0.4, -0.2) is 41.8 Å². The summed E-state index contributed by atoms with van der Waals surface area (Å²) in [6.45, 7) is 3.13. The molecule has 1 saturated heterocycles. The van der Waals surface area contributed by atoms with Gasteiger partial charge in [0.05, 0.1) is 6.61 Å². The van der Waals surface area contributed by atoms with Crippen molar-refractivity contribution >= 4 is 11.9 Å². The van der Waals surface area contributed by atoms with Crippen LogP contribution in [0, 0.1) is 0 Å². The molecule has 1 amide bonds. The molecule has 1 unspecified atom stereocenters. The molecule has 6 heteroatoms. The Bertz CT molecular complexity index is 540. The van der Waals surface area contributed by atoms with Crippen LogP contribution in [0.15, 0.2) is 30.3 Å². The van der Waals surface area contributed by atoms with E-state index in [4.69, 9.17) is 14.6 Å². The lowest BCUT2D eigenvalue weighted by Gasteiger charge is -2.36. The summed E-state index contributed by atoms with van der Waals surface area (Å²) in [6, 6.07) is 9.51. The van der Waals surface area contributed by atoms with Crippen molar-refractivity contribution < 1.29 is 24.2 Å². The van der Waals surface area contributed by atoms with Gasteiger partial charge >= 0.3 is 5.97 Å². The monoisotopic (exact) mass is 335 g/mol. The minimum Gasteiger partial charge on any atom is -0.481 e. The summed E-state index contributed by atoms with van der Waals surface area (Å²) >= 11 is 0. The Hall–Kier alpha value is -1.92. The number of rotatable bonds is 8. The summed E-state index contributed by atoms with van der Waals surface area (Å²) in [5.74, 6) is -1.04. The Labute approximate surface area is 142 Å². The van der Waals surface area contributed by atoms with Gasteiger partial charge in [0.25, 0.3) is 5.91 Å². The minimum absolute atomic E-state index is 0.0302. The first-order chi connectivity index (χ1) is 11.5. The highest BCUT2D eigenvalue weighted by Crippen LogP contribution is 2.27. The highest BCUT2D eigenvalue weighted by Gasteiger charge is 2.41. The second-order valence-corrected chi connectivity index (χ2v) is 6.19. The topological polar surface area (TPSA) is 84.9 Å². The lowest BCUT2D eigenvalue weighted by Crippen LogP contribution is -2.54. The van der Waals surface area contributed by atoms with Crippen molar-refractivity contribution in [3.05, 3.63) is 35.9 Å². The smallest absolute Gasteiger partial charge is 0.303 e. The molecule has 0 bridgehead atoms. The van der Waals surface area contributed by atoms with Gasteiger partial charge in [0.2, 0.25) is 0 Å². The summed E-state index contributed by atoms with van der Waals surface area (Å²) in [7, 11) is 0. The third-order valence-electron chi connectivity index (χ3n) is 4.24. The van der Waals surface area contributed by atoms with Crippen LogP contribution in [0.1, 0.15) is 38.2 Å². The predicted molar refractivity (Wildman–Crippen MR) is 88.5 cm³/mol. The van der Waals surface area contributed by atoms with Gasteiger partial charge in [-0.2, -0.15) is 0 Å². The summed E-state index contributed by atoms with van der Waals surface area (Å²) in [5, 5.41) is 11.7. The van der Waals surface area contributed by atoms with E-state index in [0.717, 1.165) is 5.56 Å². The van der Waals surface area contributed by atoms with E-state index in [0.29, 0.717) is 39.1 Å². The Kier molecular flexibility index (Phi) is 6.75. The van der Waals surface area contributed by atoms with Crippen molar-refractivity contribution in [1.82, 2.24) is 5.32 Å². The number of hydrogen-bond acceptors (Lipinski definition) is 4. The number of carboxylic acid groups (broad SMARTS) is 1. The van der Waals surface area contributed by atoms with Gasteiger partial charge in [0, 0.05) is 38.5 Å². The number of nitrogens with one attached hydrogen (secondary N) is 1. The van der Waals surface area contributed by atoms with E-state index in [1.165, 1.54) is 0 Å². The second kappa shape index (κ2) is 8.80. The SMILES string of the molecule is CC(CCC(=O)O)NC(=O)C1(OCc2ccccc2)CCOCC1. The number of ether oxygens (including phenoxy) is 2. The molecular formula is C18H25NO5. The van der Waals surface area contributed by atoms with Gasteiger partial charge in [0.1, 0.15) is 0 Å². The molecule has 1 aromatic carbocycles. The van der Waals surface area contributed by atoms with E-state index in [9.17, 15) is 9.59 Å². The van der Waals surface area contributed by atoms with Crippen LogP contribution in [0.25, 0.3) is 0 Å². The van der Waals surface area contributed by atoms with Crippen molar-refractivity contribution in [1.29, 1.82) is 0 Å². The Morgan fingerprint density at radius 2 is 1.96 bits per heavy atom. The van der Waals surface area contributed by atoms with Gasteiger partial charge in [-0.15, -0.1) is 0 Å². The lowest BCUT2D eigenvalue weighted by molar-refractivity contribution is -0.164. The molecule has 2 rings (SSSR count). The average molecular weight is 335 g/mol. The van der Waals surface area contributed by atoms with E-state index in [-0.39, 0.29) is 18.4 Å². The number of carbonyl (C=O) groups is 2. The summed E-state index contributed by atoms with van der Waals surface area (Å²) in [4.78, 5) is 23.4. The predicted octanol–water partition coefficient (Wildman–Crippen LogP) is 2.12. The lowest BCUT2D eigenvalue weighted by atomic mass is 9.92. The van der Waals surface area contributed by atoms with Crippen molar-refractivity contribution in [2.24, 2.45) is 0 Å². The molecule has 0 aliphatic carbocycles. The third kappa shape index (κ3) is 5.32. The van der Waals surface area contributed by atoms with Gasteiger partial charge in [-0.25, -0.2) is 0 Å². The molecule has 132 valence electrons. The van der Waals surface area contributed by atoms with E-state index < -0.39 is 11.6 Å². The number of amides is 1. The quantitative estimate of drug-likeness (QED) is 0.760. The molecule has 24 heavy (non-hydrogen) atoms. The highest BCUT2D eigenvalue weighted by atomic mass is 16.5. The van der Waals surface area contributed by atoms with Crippen LogP contribution in [-0.2, 0) is 25.7 Å². The number of hydrogen-bond donors (Lipinski definition) is 2. The largest absolute Gasteiger partial charge is 0.481 e. The summed E-state index contributed by atoms with van der Waals surface area (Å²) in [5.41, 5.74) is 0.0982. The van der Waals surface area contributed by atoms with Crippen molar-refractivity contribution in [3.63, 3.8) is 0 Å². The molecule has 6 nitrogen and oxygen atoms in total. The first kappa shape index (κ1) is 18.4. The van der Waals surface area contributed by atoms with Crippen LogP contribution in [0.2, 0.25) is 0 Å². The highest BCUT2D eigenvalue weighted by molar-refractivity contribution is 5.85. The number of benzene rings is 1. The molecule has 1 aliphatic rings. The first-order valence-corrected chi connectivity index (χ1v) is 8.30. The fourth-order valence-corrected chi connectivity index (χ4v) is 2.70. The number of aliphatic carboxylic acids is 1. The van der Waals surface area contributed by atoms with Gasteiger partial charge in [-0.3, -0.25) is 9.59 Å². The molecule has 0 radical (unpaired) electrons. The Balaban J connectivity index is 1.97. The maximum Gasteiger partial charge on any atom is 0.303 e. The van der Waals surface area contributed by atoms with E-state index in [1.807, 2.05) is 37.3 Å². The van der Waals surface area contributed by atoms with Gasteiger partial charge < -0.3 is 19.9 Å². The minimum atomic E-state index is -0.911. The first-order valence-electron chi connectivity index (χ1n) is 8.30. The van der Waals surface area contributed by atoms with Crippen LogP contribution in [0.3, 0.4) is 0 Å². The molecule has 1 aliphatic heterocycles. The van der Waals surface area contributed by atoms with E-state index >= 15 is 0 Å². The molecule has 2 N–H and O–H groups in total. The molecule has 0 spiro atoms. The third-order valence-corrected chi connectivity index (χ3v) is 4.24.